The van der Waals surface area contributed by atoms with Crippen LogP contribution in [0.3, 0.4) is 0 Å². The first-order chi connectivity index (χ1) is 10.5. The first kappa shape index (κ1) is 14.4. The maximum absolute atomic E-state index is 12.7. The van der Waals surface area contributed by atoms with E-state index in [4.69, 9.17) is 4.74 Å². The Morgan fingerprint density at radius 3 is 2.77 bits per heavy atom. The van der Waals surface area contributed by atoms with E-state index < -0.39 is 0 Å². The number of rotatable bonds is 1. The van der Waals surface area contributed by atoms with Gasteiger partial charge < -0.3 is 10.1 Å². The van der Waals surface area contributed by atoms with E-state index in [0.29, 0.717) is 6.54 Å². The second-order valence-electron chi connectivity index (χ2n) is 5.76. The summed E-state index contributed by atoms with van der Waals surface area (Å²) in [5.74, 6) is 0.754. The van der Waals surface area contributed by atoms with Gasteiger partial charge in [-0.05, 0) is 50.1 Å². The van der Waals surface area contributed by atoms with E-state index in [0.717, 1.165) is 28.3 Å². The van der Waals surface area contributed by atoms with Gasteiger partial charge in [0.05, 0.1) is 12.2 Å². The fourth-order valence-electron chi connectivity index (χ4n) is 2.64. The Labute approximate surface area is 130 Å². The van der Waals surface area contributed by atoms with Crippen LogP contribution in [0.5, 0.6) is 5.75 Å². The van der Waals surface area contributed by atoms with Gasteiger partial charge in [-0.1, -0.05) is 24.3 Å². The maximum Gasteiger partial charge on any atom is 0.326 e. The largest absolute Gasteiger partial charge is 0.487 e. The van der Waals surface area contributed by atoms with Crippen LogP contribution in [-0.4, -0.2) is 18.7 Å². The fourth-order valence-corrected chi connectivity index (χ4v) is 2.64. The second-order valence-corrected chi connectivity index (χ2v) is 5.76. The number of ether oxygens (including phenoxy) is 1. The zero-order chi connectivity index (χ0) is 15.7. The molecule has 1 heterocycles. The first-order valence-electron chi connectivity index (χ1n) is 7.46. The minimum atomic E-state index is -0.128. The molecule has 0 aromatic heterocycles. The van der Waals surface area contributed by atoms with Crippen molar-refractivity contribution in [3.05, 3.63) is 53.6 Å². The lowest BCUT2D eigenvalue weighted by Gasteiger charge is -2.33. The fraction of sp³-hybridized carbons (Fsp3) is 0.278. The van der Waals surface area contributed by atoms with E-state index in [-0.39, 0.29) is 12.1 Å². The molecule has 4 nitrogen and oxygen atoms in total. The number of anilines is 2. The molecular weight excluding hydrogens is 276 g/mol. The molecule has 0 bridgehead atoms. The highest BCUT2D eigenvalue weighted by molar-refractivity contribution is 6.03. The highest BCUT2D eigenvalue weighted by atomic mass is 16.5. The molecule has 1 aliphatic rings. The number of hydrogen-bond acceptors (Lipinski definition) is 2. The summed E-state index contributed by atoms with van der Waals surface area (Å²) in [6.07, 6.45) is -0.0298. The Morgan fingerprint density at radius 2 is 2.00 bits per heavy atom. The zero-order valence-electron chi connectivity index (χ0n) is 13.1. The lowest BCUT2D eigenvalue weighted by atomic mass is 10.1. The Bertz CT molecular complexity index is 712. The van der Waals surface area contributed by atoms with E-state index >= 15 is 0 Å². The molecule has 1 unspecified atom stereocenters. The standard InChI is InChI=1S/C18H20N2O2/c1-12-8-9-17-16(10-12)20(11-14(3)22-17)18(21)19-15-7-5-4-6-13(15)2/h4-10,14H,11H2,1-3H3,(H,19,21). The van der Waals surface area contributed by atoms with E-state index in [1.54, 1.807) is 4.90 Å². The van der Waals surface area contributed by atoms with Crippen LogP contribution >= 0.6 is 0 Å². The third kappa shape index (κ3) is 2.77. The third-order valence-electron chi connectivity index (χ3n) is 3.80. The Hall–Kier alpha value is -2.49. The molecule has 0 fully saturated rings. The minimum Gasteiger partial charge on any atom is -0.487 e. The van der Waals surface area contributed by atoms with Crippen molar-refractivity contribution in [1.29, 1.82) is 0 Å². The van der Waals surface area contributed by atoms with Gasteiger partial charge in [-0.25, -0.2) is 4.79 Å². The van der Waals surface area contributed by atoms with Gasteiger partial charge in [-0.2, -0.15) is 0 Å². The average molecular weight is 296 g/mol. The van der Waals surface area contributed by atoms with Crippen LogP contribution in [0.1, 0.15) is 18.1 Å². The highest BCUT2D eigenvalue weighted by Crippen LogP contribution is 2.34. The summed E-state index contributed by atoms with van der Waals surface area (Å²) < 4.78 is 5.82. The van der Waals surface area contributed by atoms with Crippen LogP contribution < -0.4 is 15.0 Å². The molecule has 0 spiro atoms. The SMILES string of the molecule is Cc1ccc2c(c1)N(C(=O)Nc1ccccc1C)CC(C)O2. The van der Waals surface area contributed by atoms with Gasteiger partial charge in [-0.15, -0.1) is 0 Å². The van der Waals surface area contributed by atoms with Crippen molar-refractivity contribution in [2.45, 2.75) is 26.9 Å². The lowest BCUT2D eigenvalue weighted by molar-refractivity contribution is 0.208. The van der Waals surface area contributed by atoms with Crippen molar-refractivity contribution < 1.29 is 9.53 Å². The molecule has 114 valence electrons. The molecule has 2 aromatic carbocycles. The number of para-hydroxylation sites is 1. The minimum absolute atomic E-state index is 0.0298. The molecule has 3 rings (SSSR count). The second kappa shape index (κ2) is 5.72. The highest BCUT2D eigenvalue weighted by Gasteiger charge is 2.27. The topological polar surface area (TPSA) is 41.6 Å². The molecule has 1 N–H and O–H groups in total. The number of urea groups is 1. The van der Waals surface area contributed by atoms with Crippen molar-refractivity contribution in [1.82, 2.24) is 0 Å². The summed E-state index contributed by atoms with van der Waals surface area (Å²) in [4.78, 5) is 14.5. The van der Waals surface area contributed by atoms with Gasteiger partial charge in [0.1, 0.15) is 11.9 Å². The molecule has 0 saturated carbocycles. The van der Waals surface area contributed by atoms with Crippen LogP contribution in [0.4, 0.5) is 16.2 Å². The monoisotopic (exact) mass is 296 g/mol. The number of aryl methyl sites for hydroxylation is 2. The molecule has 22 heavy (non-hydrogen) atoms. The van der Waals surface area contributed by atoms with Crippen molar-refractivity contribution in [2.24, 2.45) is 0 Å². The van der Waals surface area contributed by atoms with Crippen molar-refractivity contribution >= 4 is 17.4 Å². The molecule has 0 aliphatic carbocycles. The Morgan fingerprint density at radius 1 is 1.23 bits per heavy atom. The summed E-state index contributed by atoms with van der Waals surface area (Å²) in [5, 5.41) is 2.99. The number of hydrogen-bond donors (Lipinski definition) is 1. The molecular formula is C18H20N2O2. The number of fused-ring (bicyclic) bond motifs is 1. The van der Waals surface area contributed by atoms with Crippen LogP contribution in [-0.2, 0) is 0 Å². The van der Waals surface area contributed by atoms with Gasteiger partial charge in [0, 0.05) is 5.69 Å². The Balaban J connectivity index is 1.90. The number of carbonyl (C=O) groups excluding carboxylic acids is 1. The summed E-state index contributed by atoms with van der Waals surface area (Å²) >= 11 is 0. The quantitative estimate of drug-likeness (QED) is 0.860. The predicted molar refractivity (Wildman–Crippen MR) is 88.8 cm³/mol. The van der Waals surface area contributed by atoms with Gasteiger partial charge >= 0.3 is 6.03 Å². The molecule has 1 atom stereocenters. The summed E-state index contributed by atoms with van der Waals surface area (Å²) in [5.41, 5.74) is 3.80. The van der Waals surface area contributed by atoms with Crippen LogP contribution in [0.25, 0.3) is 0 Å². The van der Waals surface area contributed by atoms with Gasteiger partial charge in [0.2, 0.25) is 0 Å². The molecule has 0 saturated heterocycles. The van der Waals surface area contributed by atoms with Crippen LogP contribution in [0, 0.1) is 13.8 Å². The molecule has 2 amide bonds. The summed E-state index contributed by atoms with van der Waals surface area (Å²) in [6, 6.07) is 13.5. The molecule has 0 radical (unpaired) electrons. The average Bonchev–Trinajstić information content (AvgIpc) is 2.49. The number of amides is 2. The van der Waals surface area contributed by atoms with E-state index in [9.17, 15) is 4.79 Å². The molecule has 2 aromatic rings. The van der Waals surface area contributed by atoms with Crippen molar-refractivity contribution in [3.63, 3.8) is 0 Å². The van der Waals surface area contributed by atoms with Gasteiger partial charge in [0.25, 0.3) is 0 Å². The Kier molecular flexibility index (Phi) is 3.75. The van der Waals surface area contributed by atoms with E-state index in [1.807, 2.05) is 63.2 Å². The number of benzene rings is 2. The van der Waals surface area contributed by atoms with E-state index in [2.05, 4.69) is 5.32 Å². The zero-order valence-corrected chi connectivity index (χ0v) is 13.1. The predicted octanol–water partition coefficient (Wildman–Crippen LogP) is 4.12. The smallest absolute Gasteiger partial charge is 0.326 e. The number of nitrogens with zero attached hydrogens (tertiary/aromatic N) is 1. The third-order valence-corrected chi connectivity index (χ3v) is 3.80. The van der Waals surface area contributed by atoms with E-state index in [1.165, 1.54) is 0 Å². The summed E-state index contributed by atoms with van der Waals surface area (Å²) in [7, 11) is 0. The number of nitrogens with one attached hydrogen (secondary N) is 1. The van der Waals surface area contributed by atoms with Crippen LogP contribution in [0.2, 0.25) is 0 Å². The van der Waals surface area contributed by atoms with Crippen molar-refractivity contribution in [2.75, 3.05) is 16.8 Å². The maximum atomic E-state index is 12.7. The van der Waals surface area contributed by atoms with Gasteiger partial charge in [0.15, 0.2) is 0 Å². The first-order valence-corrected chi connectivity index (χ1v) is 7.46. The molecule has 1 aliphatic heterocycles. The molecule has 4 heteroatoms. The van der Waals surface area contributed by atoms with Gasteiger partial charge in [-0.3, -0.25) is 4.90 Å². The normalized spacial score (nSPS) is 16.7. The van der Waals surface area contributed by atoms with Crippen molar-refractivity contribution in [3.8, 4) is 5.75 Å². The summed E-state index contributed by atoms with van der Waals surface area (Å²) in [6.45, 7) is 6.50. The number of carbonyl (C=O) groups is 1. The van der Waals surface area contributed by atoms with Crippen LogP contribution in [0.15, 0.2) is 42.5 Å². The lowest BCUT2D eigenvalue weighted by Crippen LogP contribution is -2.44.